The number of carbonyl (C=O) groups excluding carboxylic acids is 2. The molecule has 1 saturated heterocycles. The molecule has 2 aliphatic rings. The third kappa shape index (κ3) is 6.19. The molecule has 0 bridgehead atoms. The van der Waals surface area contributed by atoms with Crippen molar-refractivity contribution in [1.82, 2.24) is 15.1 Å². The molecule has 1 heterocycles. The van der Waals surface area contributed by atoms with Gasteiger partial charge in [0, 0.05) is 26.2 Å². The summed E-state index contributed by atoms with van der Waals surface area (Å²) in [5.74, 6) is -0.362. The predicted octanol–water partition coefficient (Wildman–Crippen LogP) is 0.314. The van der Waals surface area contributed by atoms with Gasteiger partial charge in [0.15, 0.2) is 0 Å². The zero-order valence-electron chi connectivity index (χ0n) is 13.9. The Bertz CT molecular complexity index is 453. The van der Waals surface area contributed by atoms with Gasteiger partial charge in [-0.3, -0.25) is 9.69 Å². The number of carbonyl (C=O) groups is 2. The number of hydrogen-bond donors (Lipinski definition) is 2. The molecule has 7 nitrogen and oxygen atoms in total. The highest BCUT2D eigenvalue weighted by Gasteiger charge is 2.25. The molecule has 23 heavy (non-hydrogen) atoms. The van der Waals surface area contributed by atoms with E-state index in [4.69, 9.17) is 10.5 Å². The Morgan fingerprint density at radius 3 is 3.04 bits per heavy atom. The highest BCUT2D eigenvalue weighted by Crippen LogP contribution is 2.19. The van der Waals surface area contributed by atoms with E-state index in [0.717, 1.165) is 6.42 Å². The molecule has 0 unspecified atom stereocenters. The van der Waals surface area contributed by atoms with Gasteiger partial charge in [0.1, 0.15) is 0 Å². The minimum atomic E-state index is -0.362. The minimum Gasteiger partial charge on any atom is -0.373 e. The summed E-state index contributed by atoms with van der Waals surface area (Å²) in [4.78, 5) is 26.8. The van der Waals surface area contributed by atoms with Gasteiger partial charge in [0.25, 0.3) is 0 Å². The molecule has 2 rings (SSSR count). The largest absolute Gasteiger partial charge is 0.373 e. The van der Waals surface area contributed by atoms with Crippen LogP contribution in [0.25, 0.3) is 0 Å². The number of primary amides is 1. The van der Waals surface area contributed by atoms with E-state index in [2.05, 4.69) is 11.4 Å². The smallest absolute Gasteiger partial charge is 0.317 e. The molecule has 3 N–H and O–H groups in total. The Kier molecular flexibility index (Phi) is 6.85. The number of urea groups is 1. The average molecular weight is 324 g/mol. The lowest BCUT2D eigenvalue weighted by atomic mass is 10.2. The fourth-order valence-electron chi connectivity index (χ4n) is 3.10. The van der Waals surface area contributed by atoms with Crippen LogP contribution in [0, 0.1) is 0 Å². The molecule has 1 atom stereocenters. The number of morpholine rings is 1. The summed E-state index contributed by atoms with van der Waals surface area (Å²) in [5.41, 5.74) is 6.64. The fraction of sp³-hybridized carbons (Fsp3) is 0.750. The number of nitrogens with two attached hydrogens (primary N) is 1. The highest BCUT2D eigenvalue weighted by molar-refractivity contribution is 5.76. The summed E-state index contributed by atoms with van der Waals surface area (Å²) in [6, 6.07) is -0.0329. The summed E-state index contributed by atoms with van der Waals surface area (Å²) in [7, 11) is 1.82. The summed E-state index contributed by atoms with van der Waals surface area (Å²) >= 11 is 0. The molecule has 1 fully saturated rings. The number of rotatable bonds is 7. The highest BCUT2D eigenvalue weighted by atomic mass is 16.5. The zero-order valence-corrected chi connectivity index (χ0v) is 13.9. The number of ether oxygens (including phenoxy) is 1. The number of hydrogen-bond acceptors (Lipinski definition) is 4. The van der Waals surface area contributed by atoms with Crippen LogP contribution in [0.5, 0.6) is 0 Å². The van der Waals surface area contributed by atoms with E-state index in [1.54, 1.807) is 4.90 Å². The van der Waals surface area contributed by atoms with Crippen LogP contribution in [0.4, 0.5) is 4.79 Å². The summed E-state index contributed by atoms with van der Waals surface area (Å²) in [5, 5.41) is 2.99. The van der Waals surface area contributed by atoms with Gasteiger partial charge in [-0.2, -0.15) is 0 Å². The molecule has 0 aromatic heterocycles. The molecule has 0 spiro atoms. The van der Waals surface area contributed by atoms with Crippen LogP contribution in [0.3, 0.4) is 0 Å². The van der Waals surface area contributed by atoms with E-state index in [1.807, 2.05) is 11.9 Å². The third-order valence-corrected chi connectivity index (χ3v) is 4.22. The molecule has 0 aromatic carbocycles. The second kappa shape index (κ2) is 8.88. The molecule has 1 aliphatic carbocycles. The average Bonchev–Trinajstić information content (AvgIpc) is 2.99. The molecule has 130 valence electrons. The maximum Gasteiger partial charge on any atom is 0.317 e. The van der Waals surface area contributed by atoms with E-state index in [9.17, 15) is 9.59 Å². The quantitative estimate of drug-likeness (QED) is 0.660. The number of amides is 3. The maximum absolute atomic E-state index is 12.2. The van der Waals surface area contributed by atoms with Crippen LogP contribution < -0.4 is 11.1 Å². The first-order chi connectivity index (χ1) is 11.0. The molecular weight excluding hydrogens is 296 g/mol. The molecule has 7 heteroatoms. The van der Waals surface area contributed by atoms with Crippen molar-refractivity contribution in [3.63, 3.8) is 0 Å². The van der Waals surface area contributed by atoms with Gasteiger partial charge >= 0.3 is 6.03 Å². The second-order valence-corrected chi connectivity index (χ2v) is 6.34. The standard InChI is InChI=1S/C16H28N4O3/c1-19(12-15(17)21)10-14-11-20(8-9-23-14)16(22)18-7-6-13-4-2-3-5-13/h4,14H,2-3,5-12H2,1H3,(H2,17,21)(H,18,22)/t14-/m0/s1. The predicted molar refractivity (Wildman–Crippen MR) is 88.0 cm³/mol. The molecule has 1 aliphatic heterocycles. The van der Waals surface area contributed by atoms with Crippen LogP contribution in [0.1, 0.15) is 25.7 Å². The van der Waals surface area contributed by atoms with Crippen molar-refractivity contribution in [3.8, 4) is 0 Å². The van der Waals surface area contributed by atoms with Crippen molar-refractivity contribution in [2.45, 2.75) is 31.8 Å². The lowest BCUT2D eigenvalue weighted by Gasteiger charge is -2.34. The second-order valence-electron chi connectivity index (χ2n) is 6.34. The molecular formula is C16H28N4O3. The first-order valence-electron chi connectivity index (χ1n) is 8.33. The van der Waals surface area contributed by atoms with Gasteiger partial charge in [-0.05, 0) is 32.7 Å². The van der Waals surface area contributed by atoms with E-state index >= 15 is 0 Å². The monoisotopic (exact) mass is 324 g/mol. The van der Waals surface area contributed by atoms with Gasteiger partial charge in [-0.1, -0.05) is 11.6 Å². The molecule has 0 aromatic rings. The van der Waals surface area contributed by atoms with Crippen LogP contribution in [0.15, 0.2) is 11.6 Å². The zero-order chi connectivity index (χ0) is 16.7. The molecule has 3 amide bonds. The van der Waals surface area contributed by atoms with Crippen LogP contribution in [-0.4, -0.2) is 74.2 Å². The van der Waals surface area contributed by atoms with Gasteiger partial charge in [0.2, 0.25) is 5.91 Å². The van der Waals surface area contributed by atoms with Crippen LogP contribution >= 0.6 is 0 Å². The van der Waals surface area contributed by atoms with Gasteiger partial charge < -0.3 is 20.7 Å². The first-order valence-corrected chi connectivity index (χ1v) is 8.33. The van der Waals surface area contributed by atoms with Gasteiger partial charge in [-0.25, -0.2) is 4.79 Å². The van der Waals surface area contributed by atoms with Crippen molar-refractivity contribution < 1.29 is 14.3 Å². The van der Waals surface area contributed by atoms with E-state index < -0.39 is 0 Å². The number of nitrogens with zero attached hydrogens (tertiary/aromatic N) is 2. The lowest BCUT2D eigenvalue weighted by Crippen LogP contribution is -2.52. The molecule has 0 saturated carbocycles. The van der Waals surface area contributed by atoms with Gasteiger partial charge in [0.05, 0.1) is 19.3 Å². The van der Waals surface area contributed by atoms with Crippen molar-refractivity contribution in [2.24, 2.45) is 5.73 Å². The van der Waals surface area contributed by atoms with Gasteiger partial charge in [-0.15, -0.1) is 0 Å². The Balaban J connectivity index is 1.69. The minimum absolute atomic E-state index is 0.0329. The van der Waals surface area contributed by atoms with E-state index in [-0.39, 0.29) is 24.6 Å². The van der Waals surface area contributed by atoms with Crippen molar-refractivity contribution in [3.05, 3.63) is 11.6 Å². The normalized spacial score (nSPS) is 21.4. The number of likely N-dealkylation sites (N-methyl/N-ethyl adjacent to an activating group) is 1. The van der Waals surface area contributed by atoms with Crippen molar-refractivity contribution in [2.75, 3.05) is 46.4 Å². The number of allylic oxidation sites excluding steroid dienone is 1. The maximum atomic E-state index is 12.2. The third-order valence-electron chi connectivity index (χ3n) is 4.22. The Labute approximate surface area is 137 Å². The summed E-state index contributed by atoms with van der Waals surface area (Å²) < 4.78 is 5.67. The Morgan fingerprint density at radius 2 is 2.35 bits per heavy atom. The Morgan fingerprint density at radius 1 is 1.52 bits per heavy atom. The Hall–Kier alpha value is -1.60. The summed E-state index contributed by atoms with van der Waals surface area (Å²) in [6.45, 7) is 3.13. The van der Waals surface area contributed by atoms with Crippen molar-refractivity contribution in [1.29, 1.82) is 0 Å². The van der Waals surface area contributed by atoms with E-state index in [1.165, 1.54) is 24.8 Å². The first kappa shape index (κ1) is 17.7. The summed E-state index contributed by atoms with van der Waals surface area (Å²) in [6.07, 6.45) is 6.73. The topological polar surface area (TPSA) is 87.9 Å². The fourth-order valence-corrected chi connectivity index (χ4v) is 3.10. The number of nitrogens with one attached hydrogen (secondary N) is 1. The van der Waals surface area contributed by atoms with Crippen molar-refractivity contribution >= 4 is 11.9 Å². The molecule has 0 radical (unpaired) electrons. The van der Waals surface area contributed by atoms with Crippen LogP contribution in [0.2, 0.25) is 0 Å². The van der Waals surface area contributed by atoms with Crippen LogP contribution in [-0.2, 0) is 9.53 Å². The van der Waals surface area contributed by atoms with E-state index in [0.29, 0.717) is 32.8 Å². The SMILES string of the molecule is CN(CC(N)=O)C[C@H]1CN(C(=O)NCCC2=CCCC2)CCO1. The lowest BCUT2D eigenvalue weighted by molar-refractivity contribution is -0.119.